The Labute approximate surface area is 96.6 Å². The number of aryl methyl sites for hydroxylation is 1. The molecule has 0 aliphatic heterocycles. The van der Waals surface area contributed by atoms with Crippen LogP contribution in [0.5, 0.6) is 0 Å². The number of ketones is 1. The summed E-state index contributed by atoms with van der Waals surface area (Å²) >= 11 is 0. The van der Waals surface area contributed by atoms with Crippen molar-refractivity contribution in [3.63, 3.8) is 0 Å². The molecule has 0 saturated carbocycles. The summed E-state index contributed by atoms with van der Waals surface area (Å²) in [6.07, 6.45) is 5.91. The first-order chi connectivity index (χ1) is 7.69. The predicted molar refractivity (Wildman–Crippen MR) is 62.6 cm³/mol. The lowest BCUT2D eigenvalue weighted by Gasteiger charge is -2.09. The standard InChI is InChI=1S/C12H20N2O2/c1-4-8-14-9-7-13-12(14)11(15)6-5-10(2)16-3/h7,9-10H,4-6,8H2,1-3H3. The number of carbonyl (C=O) groups is 1. The van der Waals surface area contributed by atoms with Crippen LogP contribution in [0.3, 0.4) is 0 Å². The fourth-order valence-corrected chi connectivity index (χ4v) is 1.55. The van der Waals surface area contributed by atoms with Gasteiger partial charge in [0.05, 0.1) is 6.10 Å². The third-order valence-electron chi connectivity index (χ3n) is 2.61. The van der Waals surface area contributed by atoms with E-state index in [1.54, 1.807) is 13.3 Å². The van der Waals surface area contributed by atoms with E-state index in [9.17, 15) is 4.79 Å². The van der Waals surface area contributed by atoms with Crippen molar-refractivity contribution in [3.8, 4) is 0 Å². The molecule has 1 atom stereocenters. The summed E-state index contributed by atoms with van der Waals surface area (Å²) in [5.74, 6) is 0.674. The number of aromatic nitrogens is 2. The minimum absolute atomic E-state index is 0.0994. The van der Waals surface area contributed by atoms with E-state index in [1.807, 2.05) is 17.7 Å². The predicted octanol–water partition coefficient (Wildman–Crippen LogP) is 2.29. The molecule has 0 aliphatic rings. The Morgan fingerprint density at radius 3 is 3.00 bits per heavy atom. The number of carbonyl (C=O) groups excluding carboxylic acids is 1. The molecule has 0 N–H and O–H groups in total. The lowest BCUT2D eigenvalue weighted by molar-refractivity contribution is 0.0866. The van der Waals surface area contributed by atoms with Crippen LogP contribution in [0.15, 0.2) is 12.4 Å². The van der Waals surface area contributed by atoms with Crippen LogP contribution in [0.25, 0.3) is 0 Å². The van der Waals surface area contributed by atoms with Crippen LogP contribution in [-0.4, -0.2) is 28.5 Å². The number of ether oxygens (including phenoxy) is 1. The quantitative estimate of drug-likeness (QED) is 0.667. The number of rotatable bonds is 7. The number of hydrogen-bond donors (Lipinski definition) is 0. The van der Waals surface area contributed by atoms with Crippen molar-refractivity contribution in [3.05, 3.63) is 18.2 Å². The van der Waals surface area contributed by atoms with E-state index in [0.717, 1.165) is 19.4 Å². The number of imidazole rings is 1. The molecule has 1 aromatic rings. The van der Waals surface area contributed by atoms with Crippen molar-refractivity contribution in [1.82, 2.24) is 9.55 Å². The van der Waals surface area contributed by atoms with E-state index >= 15 is 0 Å². The van der Waals surface area contributed by atoms with Gasteiger partial charge in [0.2, 0.25) is 0 Å². The molecule has 0 radical (unpaired) electrons. The zero-order valence-electron chi connectivity index (χ0n) is 10.3. The second-order valence-electron chi connectivity index (χ2n) is 3.95. The van der Waals surface area contributed by atoms with Gasteiger partial charge in [-0.05, 0) is 19.8 Å². The monoisotopic (exact) mass is 224 g/mol. The molecule has 0 aliphatic carbocycles. The summed E-state index contributed by atoms with van der Waals surface area (Å²) in [5, 5.41) is 0. The van der Waals surface area contributed by atoms with Crippen LogP contribution in [0.4, 0.5) is 0 Å². The maximum atomic E-state index is 11.9. The van der Waals surface area contributed by atoms with Gasteiger partial charge in [0.15, 0.2) is 11.6 Å². The van der Waals surface area contributed by atoms with Gasteiger partial charge in [-0.15, -0.1) is 0 Å². The molecule has 90 valence electrons. The summed E-state index contributed by atoms with van der Waals surface area (Å²) < 4.78 is 7.03. The van der Waals surface area contributed by atoms with Gasteiger partial charge in [-0.2, -0.15) is 0 Å². The lowest BCUT2D eigenvalue weighted by Crippen LogP contribution is -2.13. The van der Waals surface area contributed by atoms with Crippen LogP contribution >= 0.6 is 0 Å². The fraction of sp³-hybridized carbons (Fsp3) is 0.667. The van der Waals surface area contributed by atoms with Crippen molar-refractivity contribution in [1.29, 1.82) is 0 Å². The van der Waals surface area contributed by atoms with E-state index < -0.39 is 0 Å². The smallest absolute Gasteiger partial charge is 0.198 e. The molecule has 0 amide bonds. The van der Waals surface area contributed by atoms with Crippen LogP contribution in [-0.2, 0) is 11.3 Å². The van der Waals surface area contributed by atoms with Gasteiger partial charge in [-0.1, -0.05) is 6.92 Å². The Kier molecular flexibility index (Phi) is 5.19. The molecule has 0 fully saturated rings. The second kappa shape index (κ2) is 6.43. The molecule has 0 spiro atoms. The van der Waals surface area contributed by atoms with Gasteiger partial charge >= 0.3 is 0 Å². The Morgan fingerprint density at radius 2 is 2.38 bits per heavy atom. The van der Waals surface area contributed by atoms with E-state index in [4.69, 9.17) is 4.74 Å². The largest absolute Gasteiger partial charge is 0.382 e. The summed E-state index contributed by atoms with van der Waals surface area (Å²) in [5.41, 5.74) is 0. The molecule has 0 saturated heterocycles. The van der Waals surface area contributed by atoms with Gasteiger partial charge in [0.1, 0.15) is 0 Å². The number of hydrogen-bond acceptors (Lipinski definition) is 3. The fourth-order valence-electron chi connectivity index (χ4n) is 1.55. The summed E-state index contributed by atoms with van der Waals surface area (Å²) in [6, 6.07) is 0. The third-order valence-corrected chi connectivity index (χ3v) is 2.61. The molecule has 4 nitrogen and oxygen atoms in total. The van der Waals surface area contributed by atoms with Gasteiger partial charge in [-0.3, -0.25) is 4.79 Å². The SMILES string of the molecule is CCCn1ccnc1C(=O)CCC(C)OC. The average molecular weight is 224 g/mol. The van der Waals surface area contributed by atoms with E-state index in [2.05, 4.69) is 11.9 Å². The van der Waals surface area contributed by atoms with E-state index in [0.29, 0.717) is 12.2 Å². The van der Waals surface area contributed by atoms with Crippen molar-refractivity contribution in [2.45, 2.75) is 45.8 Å². The highest BCUT2D eigenvalue weighted by Gasteiger charge is 2.13. The molecule has 4 heteroatoms. The highest BCUT2D eigenvalue weighted by Crippen LogP contribution is 2.08. The van der Waals surface area contributed by atoms with Gasteiger partial charge < -0.3 is 9.30 Å². The first-order valence-electron chi connectivity index (χ1n) is 5.76. The van der Waals surface area contributed by atoms with Crippen molar-refractivity contribution in [2.75, 3.05) is 7.11 Å². The van der Waals surface area contributed by atoms with E-state index in [-0.39, 0.29) is 11.9 Å². The van der Waals surface area contributed by atoms with Crippen LogP contribution < -0.4 is 0 Å². The number of Topliss-reactive ketones (excluding diaryl/α,β-unsaturated/α-hetero) is 1. The highest BCUT2D eigenvalue weighted by molar-refractivity contribution is 5.92. The van der Waals surface area contributed by atoms with Crippen LogP contribution in [0.1, 0.15) is 43.7 Å². The molecule has 1 heterocycles. The maximum Gasteiger partial charge on any atom is 0.198 e. The molecule has 1 aromatic heterocycles. The molecule has 0 bridgehead atoms. The normalized spacial score (nSPS) is 12.7. The Morgan fingerprint density at radius 1 is 1.62 bits per heavy atom. The minimum Gasteiger partial charge on any atom is -0.382 e. The van der Waals surface area contributed by atoms with Crippen LogP contribution in [0, 0.1) is 0 Å². The second-order valence-corrected chi connectivity index (χ2v) is 3.95. The average Bonchev–Trinajstić information content (AvgIpc) is 2.74. The zero-order valence-corrected chi connectivity index (χ0v) is 10.3. The Hall–Kier alpha value is -1.16. The number of methoxy groups -OCH3 is 1. The first kappa shape index (κ1) is 12.9. The zero-order chi connectivity index (χ0) is 12.0. The first-order valence-corrected chi connectivity index (χ1v) is 5.76. The Balaban J connectivity index is 2.55. The lowest BCUT2D eigenvalue weighted by atomic mass is 10.1. The highest BCUT2D eigenvalue weighted by atomic mass is 16.5. The van der Waals surface area contributed by atoms with Crippen molar-refractivity contribution < 1.29 is 9.53 Å². The van der Waals surface area contributed by atoms with Gasteiger partial charge in [0, 0.05) is 32.5 Å². The van der Waals surface area contributed by atoms with Gasteiger partial charge in [-0.25, -0.2) is 4.98 Å². The summed E-state index contributed by atoms with van der Waals surface area (Å²) in [4.78, 5) is 16.0. The topological polar surface area (TPSA) is 44.1 Å². The molecule has 1 unspecified atom stereocenters. The Bertz CT molecular complexity index is 334. The third kappa shape index (κ3) is 3.45. The van der Waals surface area contributed by atoms with Crippen LogP contribution in [0.2, 0.25) is 0 Å². The molecule has 16 heavy (non-hydrogen) atoms. The van der Waals surface area contributed by atoms with E-state index in [1.165, 1.54) is 0 Å². The molecule has 1 rings (SSSR count). The van der Waals surface area contributed by atoms with Crippen molar-refractivity contribution in [2.24, 2.45) is 0 Å². The minimum atomic E-state index is 0.0994. The maximum absolute atomic E-state index is 11.9. The molecular weight excluding hydrogens is 204 g/mol. The molecular formula is C12H20N2O2. The number of nitrogens with zero attached hydrogens (tertiary/aromatic N) is 2. The summed E-state index contributed by atoms with van der Waals surface area (Å²) in [7, 11) is 1.66. The van der Waals surface area contributed by atoms with Gasteiger partial charge in [0.25, 0.3) is 0 Å². The van der Waals surface area contributed by atoms with Crippen molar-refractivity contribution >= 4 is 5.78 Å². The molecule has 0 aromatic carbocycles. The summed E-state index contributed by atoms with van der Waals surface area (Å²) in [6.45, 7) is 4.90.